The first-order chi connectivity index (χ1) is 9.47. The van der Waals surface area contributed by atoms with Crippen LogP contribution in [0, 0.1) is 5.92 Å². The minimum Gasteiger partial charge on any atom is -0.294 e. The summed E-state index contributed by atoms with van der Waals surface area (Å²) < 4.78 is 24.4. The van der Waals surface area contributed by atoms with Gasteiger partial charge in [0.05, 0.1) is 6.26 Å². The number of Topliss-reactive ketones (excluding diaryl/α,β-unsaturated/α-hetero) is 1. The van der Waals surface area contributed by atoms with Crippen LogP contribution < -0.4 is 0 Å². The van der Waals surface area contributed by atoms with Crippen molar-refractivity contribution in [2.24, 2.45) is 5.92 Å². The molecule has 1 aliphatic rings. The average molecular weight is 295 g/mol. The molecule has 20 heavy (non-hydrogen) atoms. The first-order valence-electron chi connectivity index (χ1n) is 7.00. The minimum absolute atomic E-state index is 0.177. The molecule has 0 saturated carbocycles. The van der Waals surface area contributed by atoms with E-state index in [0.29, 0.717) is 25.4 Å². The molecule has 0 amide bonds. The van der Waals surface area contributed by atoms with Gasteiger partial charge in [-0.2, -0.15) is 0 Å². The lowest BCUT2D eigenvalue weighted by Crippen LogP contribution is -2.37. The zero-order valence-electron chi connectivity index (χ0n) is 11.8. The second-order valence-corrected chi connectivity index (χ2v) is 7.42. The van der Waals surface area contributed by atoms with Crippen molar-refractivity contribution in [3.63, 3.8) is 0 Å². The number of rotatable bonds is 5. The maximum absolute atomic E-state index is 12.0. The Balaban J connectivity index is 1.78. The average Bonchev–Trinajstić information content (AvgIpc) is 2.45. The summed E-state index contributed by atoms with van der Waals surface area (Å²) >= 11 is 0. The summed E-state index contributed by atoms with van der Waals surface area (Å²) in [6.07, 6.45) is 4.37. The van der Waals surface area contributed by atoms with Gasteiger partial charge in [-0.15, -0.1) is 0 Å². The standard InChI is InChI=1S/C15H21NO3S/c1-20(18,19)16-11-9-13(10-12-16)7-8-15(17)14-5-3-2-4-6-14/h2-6,13H,7-12H2,1H3. The maximum Gasteiger partial charge on any atom is 0.211 e. The number of benzene rings is 1. The molecule has 0 unspecified atom stereocenters. The number of piperidine rings is 1. The Morgan fingerprint density at radius 3 is 2.35 bits per heavy atom. The molecular weight excluding hydrogens is 274 g/mol. The monoisotopic (exact) mass is 295 g/mol. The molecule has 110 valence electrons. The van der Waals surface area contributed by atoms with Crippen molar-refractivity contribution < 1.29 is 13.2 Å². The van der Waals surface area contributed by atoms with Crippen molar-refractivity contribution in [2.75, 3.05) is 19.3 Å². The molecule has 0 N–H and O–H groups in total. The molecule has 0 aromatic heterocycles. The molecule has 1 aliphatic heterocycles. The zero-order valence-corrected chi connectivity index (χ0v) is 12.6. The number of sulfonamides is 1. The lowest BCUT2D eigenvalue weighted by molar-refractivity contribution is 0.0968. The molecule has 1 aromatic carbocycles. The summed E-state index contributed by atoms with van der Waals surface area (Å²) in [5.41, 5.74) is 0.765. The van der Waals surface area contributed by atoms with E-state index < -0.39 is 10.0 Å². The van der Waals surface area contributed by atoms with E-state index in [0.717, 1.165) is 24.8 Å². The van der Waals surface area contributed by atoms with Crippen LogP contribution in [0.15, 0.2) is 30.3 Å². The largest absolute Gasteiger partial charge is 0.294 e. The predicted octanol–water partition coefficient (Wildman–Crippen LogP) is 2.32. The number of hydrogen-bond acceptors (Lipinski definition) is 3. The van der Waals surface area contributed by atoms with Crippen molar-refractivity contribution in [1.82, 2.24) is 4.31 Å². The van der Waals surface area contributed by atoms with Crippen LogP contribution in [0.4, 0.5) is 0 Å². The van der Waals surface area contributed by atoms with Gasteiger partial charge in [-0.05, 0) is 25.2 Å². The number of ketones is 1. The summed E-state index contributed by atoms with van der Waals surface area (Å²) in [5, 5.41) is 0. The molecule has 0 aliphatic carbocycles. The van der Waals surface area contributed by atoms with Gasteiger partial charge in [-0.3, -0.25) is 4.79 Å². The van der Waals surface area contributed by atoms with Gasteiger partial charge in [0, 0.05) is 25.1 Å². The molecule has 0 bridgehead atoms. The van der Waals surface area contributed by atoms with E-state index in [1.54, 1.807) is 0 Å². The van der Waals surface area contributed by atoms with Crippen molar-refractivity contribution in [2.45, 2.75) is 25.7 Å². The van der Waals surface area contributed by atoms with E-state index in [1.165, 1.54) is 10.6 Å². The Labute approximate surface area is 120 Å². The molecule has 1 aromatic rings. The number of carbonyl (C=O) groups is 1. The highest BCUT2D eigenvalue weighted by molar-refractivity contribution is 7.88. The van der Waals surface area contributed by atoms with Crippen LogP contribution >= 0.6 is 0 Å². The predicted molar refractivity (Wildman–Crippen MR) is 79.1 cm³/mol. The van der Waals surface area contributed by atoms with Crippen LogP contribution in [0.2, 0.25) is 0 Å². The molecule has 0 radical (unpaired) electrons. The van der Waals surface area contributed by atoms with E-state index in [2.05, 4.69) is 0 Å². The minimum atomic E-state index is -3.06. The Morgan fingerprint density at radius 1 is 1.20 bits per heavy atom. The normalized spacial score (nSPS) is 18.1. The van der Waals surface area contributed by atoms with E-state index in [9.17, 15) is 13.2 Å². The highest BCUT2D eigenvalue weighted by atomic mass is 32.2. The number of nitrogens with zero attached hydrogens (tertiary/aromatic N) is 1. The zero-order chi connectivity index (χ0) is 14.6. The van der Waals surface area contributed by atoms with Crippen LogP contribution in [-0.4, -0.2) is 37.9 Å². The van der Waals surface area contributed by atoms with Crippen molar-refractivity contribution in [3.8, 4) is 0 Å². The van der Waals surface area contributed by atoms with Gasteiger partial charge in [0.25, 0.3) is 0 Å². The fourth-order valence-electron chi connectivity index (χ4n) is 2.63. The van der Waals surface area contributed by atoms with Gasteiger partial charge in [-0.1, -0.05) is 30.3 Å². The van der Waals surface area contributed by atoms with Crippen LogP contribution in [-0.2, 0) is 10.0 Å². The highest BCUT2D eigenvalue weighted by Crippen LogP contribution is 2.24. The van der Waals surface area contributed by atoms with E-state index in [4.69, 9.17) is 0 Å². The quantitative estimate of drug-likeness (QED) is 0.783. The molecule has 1 fully saturated rings. The fraction of sp³-hybridized carbons (Fsp3) is 0.533. The van der Waals surface area contributed by atoms with Gasteiger partial charge in [0.15, 0.2) is 5.78 Å². The first kappa shape index (κ1) is 15.2. The van der Waals surface area contributed by atoms with Gasteiger partial charge < -0.3 is 0 Å². The second kappa shape index (κ2) is 6.50. The van der Waals surface area contributed by atoms with Gasteiger partial charge >= 0.3 is 0 Å². The fourth-order valence-corrected chi connectivity index (χ4v) is 3.51. The smallest absolute Gasteiger partial charge is 0.211 e. The second-order valence-electron chi connectivity index (χ2n) is 5.43. The van der Waals surface area contributed by atoms with Crippen LogP contribution in [0.3, 0.4) is 0 Å². The SMILES string of the molecule is CS(=O)(=O)N1CCC(CCC(=O)c2ccccc2)CC1. The van der Waals surface area contributed by atoms with Crippen LogP contribution in [0.25, 0.3) is 0 Å². The Hall–Kier alpha value is -1.20. The summed E-state index contributed by atoms with van der Waals surface area (Å²) in [6, 6.07) is 9.33. The lowest BCUT2D eigenvalue weighted by atomic mass is 9.91. The molecule has 4 nitrogen and oxygen atoms in total. The van der Waals surface area contributed by atoms with E-state index >= 15 is 0 Å². The number of hydrogen-bond donors (Lipinski definition) is 0. The third-order valence-corrected chi connectivity index (χ3v) is 5.22. The first-order valence-corrected chi connectivity index (χ1v) is 8.85. The topological polar surface area (TPSA) is 54.5 Å². The lowest BCUT2D eigenvalue weighted by Gasteiger charge is -2.30. The molecule has 1 heterocycles. The van der Waals surface area contributed by atoms with E-state index in [1.807, 2.05) is 30.3 Å². The molecule has 1 saturated heterocycles. The molecule has 0 spiro atoms. The van der Waals surface area contributed by atoms with Gasteiger partial charge in [0.1, 0.15) is 0 Å². The molecular formula is C15H21NO3S. The Kier molecular flexibility index (Phi) is 4.94. The van der Waals surface area contributed by atoms with Crippen LogP contribution in [0.1, 0.15) is 36.0 Å². The van der Waals surface area contributed by atoms with Crippen LogP contribution in [0.5, 0.6) is 0 Å². The van der Waals surface area contributed by atoms with Crippen molar-refractivity contribution >= 4 is 15.8 Å². The highest BCUT2D eigenvalue weighted by Gasteiger charge is 2.25. The van der Waals surface area contributed by atoms with Crippen molar-refractivity contribution in [1.29, 1.82) is 0 Å². The molecule has 0 atom stereocenters. The Morgan fingerprint density at radius 2 is 1.80 bits per heavy atom. The summed E-state index contributed by atoms with van der Waals surface area (Å²) in [5.74, 6) is 0.636. The third-order valence-electron chi connectivity index (χ3n) is 3.92. The van der Waals surface area contributed by atoms with E-state index in [-0.39, 0.29) is 5.78 Å². The summed E-state index contributed by atoms with van der Waals surface area (Å²) in [6.45, 7) is 1.17. The van der Waals surface area contributed by atoms with Crippen molar-refractivity contribution in [3.05, 3.63) is 35.9 Å². The summed E-state index contributed by atoms with van der Waals surface area (Å²) in [4.78, 5) is 12.0. The third kappa shape index (κ3) is 4.15. The van der Waals surface area contributed by atoms with Gasteiger partial charge in [0.2, 0.25) is 10.0 Å². The maximum atomic E-state index is 12.0. The summed E-state index contributed by atoms with van der Waals surface area (Å²) in [7, 11) is -3.06. The van der Waals surface area contributed by atoms with Gasteiger partial charge in [-0.25, -0.2) is 12.7 Å². The molecule has 5 heteroatoms. The molecule has 2 rings (SSSR count). The number of carbonyl (C=O) groups excluding carboxylic acids is 1. The Bertz CT molecular complexity index is 546.